The molecule has 5 amide bonds. The summed E-state index contributed by atoms with van der Waals surface area (Å²) in [4.78, 5) is 67.4. The van der Waals surface area contributed by atoms with Gasteiger partial charge in [-0.15, -0.1) is 0 Å². The zero-order valence-electron chi connectivity index (χ0n) is 29.5. The lowest BCUT2D eigenvalue weighted by molar-refractivity contribution is -0.134. The molecule has 0 spiro atoms. The third-order valence-electron chi connectivity index (χ3n) is 9.18. The third-order valence-corrected chi connectivity index (χ3v) is 10.5. The number of nitrogens with zero attached hydrogens (tertiary/aromatic N) is 1. The number of likely N-dealkylation sites (tertiary alicyclic amines) is 1. The number of guanidine groups is 1. The molecule has 1 aliphatic rings. The highest BCUT2D eigenvalue weighted by Crippen LogP contribution is 2.23. The summed E-state index contributed by atoms with van der Waals surface area (Å²) in [6.07, 6.45) is 1.11. The number of benzene rings is 2. The Morgan fingerprint density at radius 1 is 0.846 bits per heavy atom. The highest BCUT2D eigenvalue weighted by atomic mass is 32.2. The fourth-order valence-electron chi connectivity index (χ4n) is 5.96. The SMILES string of the molecule is CCC(C)[C@@H](NS(=O)(=O)Cc1ccccc1)C(=O)N[C@@H](CCC(N)=O)C(=O)NC(CC1CCN(C(=N)N)CC1)C(=O)N[C@H](C(N)=O)c1ccccc1. The largest absolute Gasteiger partial charge is 0.370 e. The lowest BCUT2D eigenvalue weighted by Gasteiger charge is -2.34. The summed E-state index contributed by atoms with van der Waals surface area (Å²) in [5, 5.41) is 15.7. The summed E-state index contributed by atoms with van der Waals surface area (Å²) in [6, 6.07) is 11.7. The number of rotatable bonds is 19. The van der Waals surface area contributed by atoms with Crippen molar-refractivity contribution in [1.82, 2.24) is 25.6 Å². The molecule has 1 saturated heterocycles. The first-order chi connectivity index (χ1) is 24.6. The summed E-state index contributed by atoms with van der Waals surface area (Å²) >= 11 is 0. The molecule has 2 aromatic rings. The molecule has 5 atom stereocenters. The summed E-state index contributed by atoms with van der Waals surface area (Å²) in [5.41, 5.74) is 17.6. The van der Waals surface area contributed by atoms with Crippen molar-refractivity contribution < 1.29 is 32.4 Å². The van der Waals surface area contributed by atoms with Gasteiger partial charge in [-0.3, -0.25) is 29.4 Å². The Hall–Kier alpha value is -5.03. The molecule has 0 aromatic heterocycles. The Morgan fingerprint density at radius 3 is 1.94 bits per heavy atom. The fourth-order valence-corrected chi connectivity index (χ4v) is 7.40. The number of sulfonamides is 1. The zero-order valence-corrected chi connectivity index (χ0v) is 30.4. The zero-order chi connectivity index (χ0) is 38.4. The lowest BCUT2D eigenvalue weighted by atomic mass is 9.89. The maximum absolute atomic E-state index is 13.9. The van der Waals surface area contributed by atoms with Gasteiger partial charge < -0.3 is 38.1 Å². The first-order valence-electron chi connectivity index (χ1n) is 17.3. The van der Waals surface area contributed by atoms with E-state index in [9.17, 15) is 32.4 Å². The first-order valence-corrected chi connectivity index (χ1v) is 18.9. The molecular weight excluding hydrogens is 691 g/mol. The molecule has 11 N–H and O–H groups in total. The average Bonchev–Trinajstić information content (AvgIpc) is 3.11. The maximum atomic E-state index is 13.9. The van der Waals surface area contributed by atoms with Crippen molar-refractivity contribution >= 4 is 45.5 Å². The van der Waals surface area contributed by atoms with Gasteiger partial charge in [0.15, 0.2) is 5.96 Å². The second kappa shape index (κ2) is 19.5. The number of hydrogen-bond donors (Lipinski definition) is 8. The third kappa shape index (κ3) is 12.9. The van der Waals surface area contributed by atoms with E-state index in [0.29, 0.717) is 43.5 Å². The summed E-state index contributed by atoms with van der Waals surface area (Å²) in [7, 11) is -4.01. The molecule has 16 nitrogen and oxygen atoms in total. The molecular formula is C35H51N9O7S. The van der Waals surface area contributed by atoms with Crippen molar-refractivity contribution in [2.75, 3.05) is 13.1 Å². The minimum Gasteiger partial charge on any atom is -0.370 e. The van der Waals surface area contributed by atoms with Crippen molar-refractivity contribution in [2.24, 2.45) is 29.0 Å². The van der Waals surface area contributed by atoms with Crippen molar-refractivity contribution in [3.8, 4) is 0 Å². The van der Waals surface area contributed by atoms with Crippen LogP contribution in [0.2, 0.25) is 0 Å². The second-order valence-electron chi connectivity index (χ2n) is 13.2. The monoisotopic (exact) mass is 741 g/mol. The van der Waals surface area contributed by atoms with Crippen LogP contribution in [0.25, 0.3) is 0 Å². The van der Waals surface area contributed by atoms with Gasteiger partial charge in [-0.1, -0.05) is 80.9 Å². The number of nitrogens with two attached hydrogens (primary N) is 3. The predicted octanol–water partition coefficient (Wildman–Crippen LogP) is 0.0942. The van der Waals surface area contributed by atoms with Crippen LogP contribution in [0.15, 0.2) is 60.7 Å². The van der Waals surface area contributed by atoms with Gasteiger partial charge in [0, 0.05) is 19.5 Å². The quantitative estimate of drug-likeness (QED) is 0.0715. The van der Waals surface area contributed by atoms with Gasteiger partial charge in [0.25, 0.3) is 0 Å². The standard InChI is InChI=1S/C35H51N9O7S/c1-3-22(2)29(43-52(50,51)21-24-10-6-4-7-11-24)34(49)40-26(14-15-28(36)45)32(47)41-27(20-23-16-18-44(19-17-23)35(38)39)33(48)42-30(31(37)46)25-12-8-5-9-13-25/h4-13,22-23,26-27,29-30,43H,3,14-21H2,1-2H3,(H2,36,45)(H2,37,46)(H3,38,39)(H,40,49)(H,41,47)(H,42,48)/t22?,26-,27?,29+,30-/m0/s1. The maximum Gasteiger partial charge on any atom is 0.244 e. The normalized spacial score (nSPS) is 16.4. The molecule has 0 radical (unpaired) electrons. The molecule has 52 heavy (non-hydrogen) atoms. The van der Waals surface area contributed by atoms with E-state index in [1.807, 2.05) is 0 Å². The van der Waals surface area contributed by atoms with Gasteiger partial charge in [0.2, 0.25) is 39.6 Å². The average molecular weight is 742 g/mol. The summed E-state index contributed by atoms with van der Waals surface area (Å²) in [5.74, 6) is -4.93. The first kappa shape index (κ1) is 41.4. The minimum atomic E-state index is -4.01. The minimum absolute atomic E-state index is 0.0701. The second-order valence-corrected chi connectivity index (χ2v) is 14.9. The number of carbonyl (C=O) groups is 5. The number of amides is 5. The van der Waals surface area contributed by atoms with E-state index in [0.717, 1.165) is 0 Å². The van der Waals surface area contributed by atoms with Crippen LogP contribution >= 0.6 is 0 Å². The van der Waals surface area contributed by atoms with Crippen molar-refractivity contribution in [1.29, 1.82) is 5.41 Å². The van der Waals surface area contributed by atoms with Crippen LogP contribution in [-0.4, -0.2) is 80.0 Å². The number of hydrogen-bond acceptors (Lipinski definition) is 8. The smallest absolute Gasteiger partial charge is 0.244 e. The van der Waals surface area contributed by atoms with Crippen molar-refractivity contribution in [3.05, 3.63) is 71.8 Å². The van der Waals surface area contributed by atoms with E-state index in [2.05, 4.69) is 20.7 Å². The van der Waals surface area contributed by atoms with Gasteiger partial charge in [-0.05, 0) is 48.6 Å². The number of primary amides is 2. The van der Waals surface area contributed by atoms with Crippen LogP contribution < -0.4 is 37.9 Å². The predicted molar refractivity (Wildman–Crippen MR) is 195 cm³/mol. The van der Waals surface area contributed by atoms with Gasteiger partial charge >= 0.3 is 0 Å². The summed E-state index contributed by atoms with van der Waals surface area (Å²) in [6.45, 7) is 4.40. The van der Waals surface area contributed by atoms with Gasteiger partial charge in [-0.25, -0.2) is 13.1 Å². The molecule has 3 rings (SSSR count). The molecule has 1 fully saturated rings. The topological polar surface area (TPSA) is 273 Å². The Labute approximate surface area is 304 Å². The van der Waals surface area contributed by atoms with Crippen molar-refractivity contribution in [2.45, 2.75) is 82.3 Å². The van der Waals surface area contributed by atoms with E-state index >= 15 is 0 Å². The van der Waals surface area contributed by atoms with E-state index in [-0.39, 0.29) is 36.9 Å². The van der Waals surface area contributed by atoms with Gasteiger partial charge in [0.05, 0.1) is 5.75 Å². The molecule has 17 heteroatoms. The van der Waals surface area contributed by atoms with Gasteiger partial charge in [0.1, 0.15) is 24.2 Å². The van der Waals surface area contributed by atoms with Gasteiger partial charge in [-0.2, -0.15) is 0 Å². The Kier molecular flexibility index (Phi) is 15.6. The van der Waals surface area contributed by atoms with Crippen LogP contribution in [0.5, 0.6) is 0 Å². The van der Waals surface area contributed by atoms with Crippen LogP contribution in [0.3, 0.4) is 0 Å². The Morgan fingerprint density at radius 2 is 1.40 bits per heavy atom. The van der Waals surface area contributed by atoms with Crippen LogP contribution in [0, 0.1) is 17.2 Å². The molecule has 1 aliphatic heterocycles. The molecule has 284 valence electrons. The molecule has 2 unspecified atom stereocenters. The number of piperidine rings is 1. The molecule has 1 heterocycles. The van der Waals surface area contributed by atoms with Crippen LogP contribution in [0.4, 0.5) is 0 Å². The van der Waals surface area contributed by atoms with E-state index in [4.69, 9.17) is 22.6 Å². The van der Waals surface area contributed by atoms with E-state index < -0.39 is 69.6 Å². The van der Waals surface area contributed by atoms with Crippen molar-refractivity contribution in [3.63, 3.8) is 0 Å². The Balaban J connectivity index is 1.86. The summed E-state index contributed by atoms with van der Waals surface area (Å²) < 4.78 is 28.8. The number of nitrogens with one attached hydrogen (secondary N) is 5. The Bertz CT molecular complexity index is 1650. The highest BCUT2D eigenvalue weighted by molar-refractivity contribution is 7.88. The lowest BCUT2D eigenvalue weighted by Crippen LogP contribution is -2.58. The molecule has 0 aliphatic carbocycles. The van der Waals surface area contributed by atoms with E-state index in [1.165, 1.54) is 0 Å². The molecule has 0 saturated carbocycles. The van der Waals surface area contributed by atoms with Crippen LogP contribution in [0.1, 0.15) is 69.5 Å². The number of carbonyl (C=O) groups excluding carboxylic acids is 5. The molecule has 2 aromatic carbocycles. The highest BCUT2D eigenvalue weighted by Gasteiger charge is 2.35. The molecule has 0 bridgehead atoms. The van der Waals surface area contributed by atoms with E-state index in [1.54, 1.807) is 79.4 Å². The van der Waals surface area contributed by atoms with Crippen LogP contribution in [-0.2, 0) is 39.7 Å². The fraction of sp³-hybridized carbons (Fsp3) is 0.486.